The van der Waals surface area contributed by atoms with Crippen molar-refractivity contribution in [3.05, 3.63) is 0 Å². The van der Waals surface area contributed by atoms with E-state index in [1.165, 1.54) is 0 Å². The molecule has 2 fully saturated rings. The number of carboxylic acid groups (broad SMARTS) is 1. The summed E-state index contributed by atoms with van der Waals surface area (Å²) >= 11 is 0. The molecule has 0 aromatic carbocycles. The van der Waals surface area contributed by atoms with Crippen LogP contribution in [-0.2, 0) is 9.59 Å². The van der Waals surface area contributed by atoms with Gasteiger partial charge in [0.05, 0.1) is 0 Å². The van der Waals surface area contributed by atoms with Gasteiger partial charge in [-0.3, -0.25) is 4.79 Å². The molecule has 90 valence electrons. The van der Waals surface area contributed by atoms with Crippen LogP contribution in [0.5, 0.6) is 0 Å². The van der Waals surface area contributed by atoms with E-state index in [1.54, 1.807) is 0 Å². The van der Waals surface area contributed by atoms with E-state index in [4.69, 9.17) is 5.11 Å². The Morgan fingerprint density at radius 2 is 2.06 bits per heavy atom. The number of hydrogen-bond donors (Lipinski definition) is 2. The van der Waals surface area contributed by atoms with E-state index in [9.17, 15) is 9.59 Å². The minimum atomic E-state index is -0.950. The molecule has 1 amide bonds. The smallest absolute Gasteiger partial charge is 0.329 e. The van der Waals surface area contributed by atoms with Crippen LogP contribution in [0.3, 0.4) is 0 Å². The first-order valence-electron chi connectivity index (χ1n) is 5.99. The number of hydrogen-bond acceptors (Lipinski definition) is 2. The Morgan fingerprint density at radius 3 is 2.38 bits per heavy atom. The summed E-state index contributed by atoms with van der Waals surface area (Å²) in [5.74, 6) is -0.924. The minimum absolute atomic E-state index is 0.0225. The zero-order chi connectivity index (χ0) is 12.0. The van der Waals surface area contributed by atoms with Gasteiger partial charge >= 0.3 is 5.97 Å². The van der Waals surface area contributed by atoms with Crippen molar-refractivity contribution in [3.63, 3.8) is 0 Å². The summed E-state index contributed by atoms with van der Waals surface area (Å²) in [7, 11) is 0. The zero-order valence-electron chi connectivity index (χ0n) is 9.88. The van der Waals surface area contributed by atoms with Gasteiger partial charge in [-0.15, -0.1) is 0 Å². The lowest BCUT2D eigenvalue weighted by Crippen LogP contribution is -2.59. The van der Waals surface area contributed by atoms with Gasteiger partial charge in [0.2, 0.25) is 5.91 Å². The molecule has 4 heteroatoms. The van der Waals surface area contributed by atoms with E-state index < -0.39 is 11.5 Å². The predicted molar refractivity (Wildman–Crippen MR) is 58.9 cm³/mol. The highest BCUT2D eigenvalue weighted by Crippen LogP contribution is 2.55. The van der Waals surface area contributed by atoms with Crippen molar-refractivity contribution >= 4 is 11.9 Å². The van der Waals surface area contributed by atoms with Crippen molar-refractivity contribution in [2.75, 3.05) is 0 Å². The maximum Gasteiger partial charge on any atom is 0.329 e. The summed E-state index contributed by atoms with van der Waals surface area (Å²) in [5.41, 5.74) is -0.845. The highest BCUT2D eigenvalue weighted by atomic mass is 16.4. The summed E-state index contributed by atoms with van der Waals surface area (Å²) in [6.45, 7) is 4.16. The summed E-state index contributed by atoms with van der Waals surface area (Å²) in [4.78, 5) is 23.0. The summed E-state index contributed by atoms with van der Waals surface area (Å²) < 4.78 is 0. The number of carbonyl (C=O) groups excluding carboxylic acids is 1. The molecule has 0 bridgehead atoms. The normalized spacial score (nSPS) is 35.0. The van der Waals surface area contributed by atoms with Crippen molar-refractivity contribution in [2.45, 2.75) is 51.5 Å². The van der Waals surface area contributed by atoms with E-state index in [2.05, 4.69) is 19.2 Å². The summed E-state index contributed by atoms with van der Waals surface area (Å²) in [5, 5.41) is 11.8. The van der Waals surface area contributed by atoms with Gasteiger partial charge in [-0.2, -0.15) is 0 Å². The van der Waals surface area contributed by atoms with Crippen molar-refractivity contribution < 1.29 is 14.7 Å². The predicted octanol–water partition coefficient (Wildman–Crippen LogP) is 1.55. The van der Waals surface area contributed by atoms with Gasteiger partial charge in [-0.1, -0.05) is 13.8 Å². The van der Waals surface area contributed by atoms with Gasteiger partial charge in [0.1, 0.15) is 5.54 Å². The SMILES string of the molecule is CCC1(C)CC1C(=O)NC1(C(=O)O)CCC1. The highest BCUT2D eigenvalue weighted by Gasteiger charge is 2.55. The first-order valence-corrected chi connectivity index (χ1v) is 5.99. The Hall–Kier alpha value is -1.06. The van der Waals surface area contributed by atoms with Crippen molar-refractivity contribution in [1.29, 1.82) is 0 Å². The van der Waals surface area contributed by atoms with Crippen molar-refractivity contribution in [3.8, 4) is 0 Å². The standard InChI is InChI=1S/C12H19NO3/c1-3-11(2)7-8(11)9(14)13-12(10(15)16)5-4-6-12/h8H,3-7H2,1-2H3,(H,13,14)(H,15,16). The first-order chi connectivity index (χ1) is 7.43. The fourth-order valence-electron chi connectivity index (χ4n) is 2.45. The Labute approximate surface area is 95.4 Å². The van der Waals surface area contributed by atoms with Gasteiger partial charge in [-0.05, 0) is 37.5 Å². The molecule has 2 unspecified atom stereocenters. The Balaban J connectivity index is 1.96. The van der Waals surface area contributed by atoms with Gasteiger partial charge in [0, 0.05) is 5.92 Å². The molecule has 0 spiro atoms. The molecule has 2 atom stereocenters. The molecule has 2 saturated carbocycles. The van der Waals surface area contributed by atoms with Crippen LogP contribution in [0.4, 0.5) is 0 Å². The third-order valence-electron chi connectivity index (χ3n) is 4.45. The van der Waals surface area contributed by atoms with Crippen LogP contribution in [-0.4, -0.2) is 22.5 Å². The monoisotopic (exact) mass is 225 g/mol. The van der Waals surface area contributed by atoms with E-state index in [1.807, 2.05) is 0 Å². The second-order valence-electron chi connectivity index (χ2n) is 5.49. The number of rotatable bonds is 4. The van der Waals surface area contributed by atoms with Crippen molar-refractivity contribution in [2.24, 2.45) is 11.3 Å². The lowest BCUT2D eigenvalue weighted by Gasteiger charge is -2.38. The van der Waals surface area contributed by atoms with Crippen LogP contribution in [0.2, 0.25) is 0 Å². The summed E-state index contributed by atoms with van der Waals surface area (Å²) in [6, 6.07) is 0. The molecule has 0 heterocycles. The van der Waals surface area contributed by atoms with Crippen LogP contribution < -0.4 is 5.32 Å². The molecule has 16 heavy (non-hydrogen) atoms. The van der Waals surface area contributed by atoms with E-state index >= 15 is 0 Å². The van der Waals surface area contributed by atoms with Gasteiger partial charge < -0.3 is 10.4 Å². The second kappa shape index (κ2) is 3.47. The van der Waals surface area contributed by atoms with Gasteiger partial charge in [0.15, 0.2) is 0 Å². The molecular formula is C12H19NO3. The van der Waals surface area contributed by atoms with Crippen LogP contribution in [0.15, 0.2) is 0 Å². The second-order valence-corrected chi connectivity index (χ2v) is 5.49. The quantitative estimate of drug-likeness (QED) is 0.762. The molecule has 2 aliphatic carbocycles. The molecule has 0 radical (unpaired) electrons. The molecule has 0 aromatic rings. The van der Waals surface area contributed by atoms with E-state index in [-0.39, 0.29) is 17.2 Å². The number of carboxylic acids is 1. The van der Waals surface area contributed by atoms with Crippen LogP contribution in [0.25, 0.3) is 0 Å². The highest BCUT2D eigenvalue weighted by molar-refractivity contribution is 5.90. The first kappa shape index (κ1) is 11.4. The Kier molecular flexibility index (Phi) is 2.48. The number of nitrogens with one attached hydrogen (secondary N) is 1. The molecule has 0 saturated heterocycles. The number of aliphatic carboxylic acids is 1. The fraction of sp³-hybridized carbons (Fsp3) is 0.833. The third-order valence-corrected chi connectivity index (χ3v) is 4.45. The van der Waals surface area contributed by atoms with Gasteiger partial charge in [0.25, 0.3) is 0 Å². The molecule has 0 aliphatic heterocycles. The lowest BCUT2D eigenvalue weighted by atomic mass is 9.76. The molecule has 2 aliphatic rings. The molecular weight excluding hydrogens is 206 g/mol. The lowest BCUT2D eigenvalue weighted by molar-refractivity contribution is -0.152. The molecule has 4 nitrogen and oxygen atoms in total. The van der Waals surface area contributed by atoms with E-state index in [0.717, 1.165) is 19.3 Å². The van der Waals surface area contributed by atoms with Crippen LogP contribution in [0, 0.1) is 11.3 Å². The Morgan fingerprint density at radius 1 is 1.44 bits per heavy atom. The Bertz CT molecular complexity index is 335. The largest absolute Gasteiger partial charge is 0.480 e. The maximum atomic E-state index is 11.9. The van der Waals surface area contributed by atoms with Crippen molar-refractivity contribution in [1.82, 2.24) is 5.32 Å². The van der Waals surface area contributed by atoms with E-state index in [0.29, 0.717) is 12.8 Å². The average molecular weight is 225 g/mol. The van der Waals surface area contributed by atoms with Gasteiger partial charge in [-0.25, -0.2) is 4.79 Å². The average Bonchev–Trinajstić information content (AvgIpc) is 2.85. The van der Waals surface area contributed by atoms with Crippen LogP contribution in [0.1, 0.15) is 46.0 Å². The van der Waals surface area contributed by atoms with Crippen LogP contribution >= 0.6 is 0 Å². The molecule has 2 rings (SSSR count). The maximum absolute atomic E-state index is 11.9. The minimum Gasteiger partial charge on any atom is -0.480 e. The third kappa shape index (κ3) is 1.60. The number of carbonyl (C=O) groups is 2. The number of amides is 1. The summed E-state index contributed by atoms with van der Waals surface area (Å²) in [6.07, 6.45) is 3.91. The fourth-order valence-corrected chi connectivity index (χ4v) is 2.45. The zero-order valence-corrected chi connectivity index (χ0v) is 9.88. The molecule has 0 aromatic heterocycles. The topological polar surface area (TPSA) is 66.4 Å². The molecule has 2 N–H and O–H groups in total.